The molecule has 0 aromatic heterocycles. The van der Waals surface area contributed by atoms with Gasteiger partial charge in [0.25, 0.3) is 0 Å². The maximum Gasteiger partial charge on any atom is 0.235 e. The van der Waals surface area contributed by atoms with Crippen LogP contribution in [0.4, 0.5) is 0 Å². The van der Waals surface area contributed by atoms with E-state index in [1.807, 2.05) is 4.90 Å². The molecule has 0 radical (unpaired) electrons. The molecule has 6 heteroatoms. The Morgan fingerprint density at radius 2 is 1.95 bits per heavy atom. The summed E-state index contributed by atoms with van der Waals surface area (Å²) in [7, 11) is 1.58. The topological polar surface area (TPSA) is 69.7 Å². The van der Waals surface area contributed by atoms with Gasteiger partial charge in [0.1, 0.15) is 0 Å². The van der Waals surface area contributed by atoms with Crippen LogP contribution in [0.2, 0.25) is 0 Å². The van der Waals surface area contributed by atoms with E-state index in [0.717, 1.165) is 38.9 Å². The minimum Gasteiger partial charge on any atom is -0.335 e. The van der Waals surface area contributed by atoms with E-state index in [9.17, 15) is 14.4 Å². The second-order valence-electron chi connectivity index (χ2n) is 7.78. The summed E-state index contributed by atoms with van der Waals surface area (Å²) in [5.74, 6) is -0.197. The second kappa shape index (κ2) is 3.91. The van der Waals surface area contributed by atoms with Gasteiger partial charge < -0.3 is 10.2 Å². The Bertz CT molecular complexity index is 605. The third-order valence-corrected chi connectivity index (χ3v) is 7.07. The number of nitrogens with zero attached hydrogens (tertiary/aromatic N) is 2. The molecule has 5 heterocycles. The Balaban J connectivity index is 1.69. The van der Waals surface area contributed by atoms with E-state index in [-0.39, 0.29) is 29.6 Å². The van der Waals surface area contributed by atoms with Crippen LogP contribution in [-0.2, 0) is 14.4 Å². The monoisotopic (exact) mass is 303 g/mol. The molecule has 6 fully saturated rings. The van der Waals surface area contributed by atoms with Gasteiger partial charge in [-0.3, -0.25) is 19.3 Å². The average molecular weight is 303 g/mol. The summed E-state index contributed by atoms with van der Waals surface area (Å²) >= 11 is 0. The van der Waals surface area contributed by atoms with Crippen LogP contribution in [0.1, 0.15) is 19.3 Å². The number of carbonyl (C=O) groups excluding carboxylic acids is 3. The van der Waals surface area contributed by atoms with Crippen molar-refractivity contribution in [2.45, 2.75) is 24.8 Å². The molecule has 0 aromatic carbocycles. The van der Waals surface area contributed by atoms with Crippen molar-refractivity contribution in [3.8, 4) is 0 Å². The van der Waals surface area contributed by atoms with Crippen molar-refractivity contribution in [2.75, 3.05) is 26.7 Å². The normalized spacial score (nSPS) is 49.5. The van der Waals surface area contributed by atoms with Gasteiger partial charge in [0.05, 0.1) is 23.3 Å². The highest BCUT2D eigenvalue weighted by atomic mass is 16.2. The molecule has 1 aliphatic carbocycles. The van der Waals surface area contributed by atoms with Crippen molar-refractivity contribution in [1.29, 1.82) is 0 Å². The molecule has 4 bridgehead atoms. The van der Waals surface area contributed by atoms with Crippen LogP contribution in [0.5, 0.6) is 0 Å². The number of carbonyl (C=O) groups is 3. The largest absolute Gasteiger partial charge is 0.335 e. The molecule has 6 nitrogen and oxygen atoms in total. The minimum atomic E-state index is -0.405. The lowest BCUT2D eigenvalue weighted by Crippen LogP contribution is -2.77. The molecule has 5 aliphatic heterocycles. The first-order valence-electron chi connectivity index (χ1n) is 8.39. The Morgan fingerprint density at radius 1 is 1.14 bits per heavy atom. The molecule has 118 valence electrons. The van der Waals surface area contributed by atoms with Gasteiger partial charge in [-0.15, -0.1) is 0 Å². The lowest BCUT2D eigenvalue weighted by molar-refractivity contribution is -0.195. The molecule has 0 aromatic rings. The van der Waals surface area contributed by atoms with Crippen molar-refractivity contribution >= 4 is 17.7 Å². The van der Waals surface area contributed by atoms with Crippen molar-refractivity contribution in [3.05, 3.63) is 0 Å². The van der Waals surface area contributed by atoms with E-state index >= 15 is 0 Å². The van der Waals surface area contributed by atoms with E-state index in [4.69, 9.17) is 0 Å². The number of nitrogens with one attached hydrogen (secondary N) is 1. The minimum absolute atomic E-state index is 0.0544. The van der Waals surface area contributed by atoms with E-state index in [0.29, 0.717) is 11.8 Å². The number of hydrogen-bond donors (Lipinski definition) is 1. The van der Waals surface area contributed by atoms with Gasteiger partial charge in [0.2, 0.25) is 17.7 Å². The van der Waals surface area contributed by atoms with Crippen LogP contribution in [0, 0.1) is 29.6 Å². The quantitative estimate of drug-likeness (QED) is 0.610. The molecule has 22 heavy (non-hydrogen) atoms. The molecule has 5 saturated heterocycles. The number of imide groups is 1. The Labute approximate surface area is 129 Å². The fourth-order valence-corrected chi connectivity index (χ4v) is 6.22. The first kappa shape index (κ1) is 13.0. The number of amides is 3. The SMILES string of the molecule is CN1C(=O)[C@H]2[C@H]3CC[C@@]4([C@@H]5CNC[C@H](C5)CN4C3=O)[C@H]2C1=O. The average Bonchev–Trinajstić information content (AvgIpc) is 2.76. The van der Waals surface area contributed by atoms with Gasteiger partial charge in [-0.2, -0.15) is 0 Å². The molecule has 6 rings (SSSR count). The summed E-state index contributed by atoms with van der Waals surface area (Å²) < 4.78 is 0. The summed E-state index contributed by atoms with van der Waals surface area (Å²) in [5, 5.41) is 3.48. The lowest BCUT2D eigenvalue weighted by Gasteiger charge is -2.65. The predicted octanol–water partition coefficient (Wildman–Crippen LogP) is -0.552. The highest BCUT2D eigenvalue weighted by molar-refractivity contribution is 6.09. The number of likely N-dealkylation sites (tertiary alicyclic amines) is 1. The molecular weight excluding hydrogens is 282 g/mol. The van der Waals surface area contributed by atoms with Crippen LogP contribution in [0.25, 0.3) is 0 Å². The van der Waals surface area contributed by atoms with E-state index < -0.39 is 11.5 Å². The fourth-order valence-electron chi connectivity index (χ4n) is 6.22. The van der Waals surface area contributed by atoms with Gasteiger partial charge in [0, 0.05) is 20.1 Å². The second-order valence-corrected chi connectivity index (χ2v) is 7.78. The Kier molecular flexibility index (Phi) is 2.32. The Morgan fingerprint density at radius 3 is 2.77 bits per heavy atom. The highest BCUT2D eigenvalue weighted by Gasteiger charge is 2.72. The summed E-state index contributed by atoms with van der Waals surface area (Å²) in [4.78, 5) is 41.6. The van der Waals surface area contributed by atoms with Gasteiger partial charge in [-0.1, -0.05) is 0 Å². The standard InChI is InChI=1S/C16H21N3O3/c1-18-14(21)11-10-2-3-16(12(11)15(18)22)9-4-8(5-17-6-9)7-19(16)13(10)20/h8-12,17H,2-7H2,1H3/t8-,9-,10+,11-,12+,16+/m0/s1. The number of hydrogen-bond acceptors (Lipinski definition) is 4. The van der Waals surface area contributed by atoms with Gasteiger partial charge in [-0.05, 0) is 37.6 Å². The van der Waals surface area contributed by atoms with Crippen LogP contribution in [-0.4, -0.2) is 59.7 Å². The first-order chi connectivity index (χ1) is 10.6. The smallest absolute Gasteiger partial charge is 0.235 e. The molecule has 6 aliphatic rings. The summed E-state index contributed by atoms with van der Waals surface area (Å²) in [6.07, 6.45) is 2.73. The van der Waals surface area contributed by atoms with Crippen LogP contribution in [0.15, 0.2) is 0 Å². The zero-order valence-corrected chi connectivity index (χ0v) is 12.7. The molecule has 0 unspecified atom stereocenters. The van der Waals surface area contributed by atoms with Crippen LogP contribution < -0.4 is 5.32 Å². The lowest BCUT2D eigenvalue weighted by atomic mass is 9.51. The maximum atomic E-state index is 13.0. The number of piperidine rings is 4. The number of fused-ring (bicyclic) bond motifs is 3. The third-order valence-electron chi connectivity index (χ3n) is 7.07. The third kappa shape index (κ3) is 1.22. The van der Waals surface area contributed by atoms with E-state index in [1.165, 1.54) is 4.90 Å². The molecule has 3 amide bonds. The van der Waals surface area contributed by atoms with Crippen molar-refractivity contribution in [3.63, 3.8) is 0 Å². The molecule has 1 spiro atoms. The maximum absolute atomic E-state index is 13.0. The summed E-state index contributed by atoms with van der Waals surface area (Å²) in [6.45, 7) is 2.58. The fraction of sp³-hybridized carbons (Fsp3) is 0.812. The van der Waals surface area contributed by atoms with Gasteiger partial charge in [0.15, 0.2) is 0 Å². The van der Waals surface area contributed by atoms with Crippen molar-refractivity contribution < 1.29 is 14.4 Å². The zero-order chi connectivity index (χ0) is 15.2. The molecule has 1 N–H and O–H groups in total. The van der Waals surface area contributed by atoms with Gasteiger partial charge >= 0.3 is 0 Å². The number of rotatable bonds is 0. The summed E-state index contributed by atoms with van der Waals surface area (Å²) in [5.41, 5.74) is -0.405. The highest BCUT2D eigenvalue weighted by Crippen LogP contribution is 2.60. The molecule has 6 atom stereocenters. The summed E-state index contributed by atoms with van der Waals surface area (Å²) in [6, 6.07) is 0. The van der Waals surface area contributed by atoms with Crippen LogP contribution in [0.3, 0.4) is 0 Å². The van der Waals surface area contributed by atoms with Gasteiger partial charge in [-0.25, -0.2) is 0 Å². The van der Waals surface area contributed by atoms with E-state index in [2.05, 4.69) is 5.32 Å². The molecular formula is C16H21N3O3. The van der Waals surface area contributed by atoms with Crippen molar-refractivity contribution in [2.24, 2.45) is 29.6 Å². The molecule has 1 saturated carbocycles. The van der Waals surface area contributed by atoms with E-state index in [1.54, 1.807) is 7.05 Å². The zero-order valence-electron chi connectivity index (χ0n) is 12.7. The van der Waals surface area contributed by atoms with Crippen molar-refractivity contribution in [1.82, 2.24) is 15.1 Å². The first-order valence-corrected chi connectivity index (χ1v) is 8.39. The van der Waals surface area contributed by atoms with Crippen LogP contribution >= 0.6 is 0 Å². The predicted molar refractivity (Wildman–Crippen MR) is 76.4 cm³/mol. The Hall–Kier alpha value is -1.43.